The van der Waals surface area contributed by atoms with Crippen LogP contribution >= 0.6 is 11.8 Å². The van der Waals surface area contributed by atoms with Gasteiger partial charge in [0.25, 0.3) is 0 Å². The molecular formula is C18H16N6O4S. The smallest absolute Gasteiger partial charge is 0.311 e. The fraction of sp³-hybridized carbons (Fsp3) is 0.167. The van der Waals surface area contributed by atoms with Crippen LogP contribution in [-0.4, -0.2) is 43.3 Å². The third kappa shape index (κ3) is 3.47. The van der Waals surface area contributed by atoms with E-state index in [1.165, 1.54) is 31.0 Å². The number of rotatable bonds is 6. The highest BCUT2D eigenvalue weighted by Crippen LogP contribution is 2.33. The van der Waals surface area contributed by atoms with Gasteiger partial charge in [-0.2, -0.15) is 0 Å². The Morgan fingerprint density at radius 1 is 1.38 bits per heavy atom. The molecule has 2 aromatic heterocycles. The summed E-state index contributed by atoms with van der Waals surface area (Å²) < 4.78 is 6.91. The molecule has 2 aromatic carbocycles. The second-order valence-corrected chi connectivity index (χ2v) is 7.14. The zero-order valence-electron chi connectivity index (χ0n) is 15.5. The number of carbonyl (C=O) groups excluding carboxylic acids is 1. The molecule has 148 valence electrons. The van der Waals surface area contributed by atoms with Gasteiger partial charge in [0.05, 0.1) is 28.8 Å². The molecule has 0 bridgehead atoms. The predicted molar refractivity (Wildman–Crippen MR) is 109 cm³/mol. The van der Waals surface area contributed by atoms with Gasteiger partial charge in [-0.3, -0.25) is 19.3 Å². The van der Waals surface area contributed by atoms with E-state index in [4.69, 9.17) is 4.74 Å². The summed E-state index contributed by atoms with van der Waals surface area (Å²) in [6.07, 6.45) is 0. The molecule has 0 spiro atoms. The SMILES string of the molecule is COc1cc(NC(=O)CSc2n[nH]c3nc4ccccc4n23)c(C)cc1[N+](=O)[O-]. The van der Waals surface area contributed by atoms with E-state index < -0.39 is 4.92 Å². The van der Waals surface area contributed by atoms with Gasteiger partial charge >= 0.3 is 5.69 Å². The fourth-order valence-electron chi connectivity index (χ4n) is 2.97. The molecule has 0 aliphatic rings. The van der Waals surface area contributed by atoms with Crippen LogP contribution in [-0.2, 0) is 4.79 Å². The average Bonchev–Trinajstić information content (AvgIpc) is 3.26. The topological polar surface area (TPSA) is 127 Å². The number of aryl methyl sites for hydroxylation is 1. The minimum absolute atomic E-state index is 0.0856. The van der Waals surface area contributed by atoms with E-state index in [1.807, 2.05) is 28.7 Å². The lowest BCUT2D eigenvalue weighted by molar-refractivity contribution is -0.385. The molecule has 0 fully saturated rings. The largest absolute Gasteiger partial charge is 0.490 e. The average molecular weight is 412 g/mol. The minimum Gasteiger partial charge on any atom is -0.490 e. The number of carbonyl (C=O) groups is 1. The summed E-state index contributed by atoms with van der Waals surface area (Å²) in [5, 5.41) is 21.6. The predicted octanol–water partition coefficient (Wildman–Crippen LogP) is 3.17. The third-order valence-corrected chi connectivity index (χ3v) is 5.27. The molecule has 10 nitrogen and oxygen atoms in total. The number of anilines is 1. The van der Waals surface area contributed by atoms with E-state index in [9.17, 15) is 14.9 Å². The molecule has 2 N–H and O–H groups in total. The Morgan fingerprint density at radius 3 is 2.93 bits per heavy atom. The number of hydrogen-bond acceptors (Lipinski definition) is 7. The van der Waals surface area contributed by atoms with Gasteiger partial charge in [-0.05, 0) is 24.6 Å². The van der Waals surface area contributed by atoms with Crippen LogP contribution in [0.5, 0.6) is 5.75 Å². The highest BCUT2D eigenvalue weighted by molar-refractivity contribution is 7.99. The van der Waals surface area contributed by atoms with Crippen molar-refractivity contribution in [2.45, 2.75) is 12.1 Å². The number of thioether (sulfide) groups is 1. The highest BCUT2D eigenvalue weighted by Gasteiger charge is 2.19. The quantitative estimate of drug-likeness (QED) is 0.283. The number of nitro groups is 1. The van der Waals surface area contributed by atoms with Crippen LogP contribution in [0.2, 0.25) is 0 Å². The Morgan fingerprint density at radius 2 is 2.17 bits per heavy atom. The number of nitro benzene ring substituents is 1. The minimum atomic E-state index is -0.522. The number of para-hydroxylation sites is 2. The molecule has 0 unspecified atom stereocenters. The van der Waals surface area contributed by atoms with Crippen LogP contribution in [0.4, 0.5) is 11.4 Å². The summed E-state index contributed by atoms with van der Waals surface area (Å²) in [5.74, 6) is 0.521. The normalized spacial score (nSPS) is 11.1. The molecule has 4 aromatic rings. The van der Waals surface area contributed by atoms with E-state index in [0.29, 0.717) is 22.2 Å². The maximum absolute atomic E-state index is 12.4. The number of nitrogens with one attached hydrogen (secondary N) is 2. The first-order chi connectivity index (χ1) is 14.0. The first kappa shape index (κ1) is 18.7. The Balaban J connectivity index is 1.51. The number of amides is 1. The molecule has 29 heavy (non-hydrogen) atoms. The van der Waals surface area contributed by atoms with Crippen molar-refractivity contribution in [1.82, 2.24) is 19.6 Å². The number of fused-ring (bicyclic) bond motifs is 3. The number of ether oxygens (including phenoxy) is 1. The van der Waals surface area contributed by atoms with Crippen molar-refractivity contribution in [2.75, 3.05) is 18.2 Å². The summed E-state index contributed by atoms with van der Waals surface area (Å²) in [7, 11) is 1.34. The lowest BCUT2D eigenvalue weighted by atomic mass is 10.1. The highest BCUT2D eigenvalue weighted by atomic mass is 32.2. The summed E-state index contributed by atoms with van der Waals surface area (Å²) >= 11 is 1.26. The lowest BCUT2D eigenvalue weighted by Gasteiger charge is -2.10. The molecule has 0 atom stereocenters. The van der Waals surface area contributed by atoms with Gasteiger partial charge in [0.2, 0.25) is 11.7 Å². The molecule has 0 aliphatic carbocycles. The van der Waals surface area contributed by atoms with Gasteiger partial charge in [-0.25, -0.2) is 10.1 Å². The molecule has 2 heterocycles. The summed E-state index contributed by atoms with van der Waals surface area (Å²) in [5.41, 5.74) is 2.61. The van der Waals surface area contributed by atoms with Crippen LogP contribution in [0.3, 0.4) is 0 Å². The number of benzene rings is 2. The molecule has 11 heteroatoms. The Bertz CT molecular complexity index is 1250. The number of aromatic amines is 1. The first-order valence-electron chi connectivity index (χ1n) is 8.55. The van der Waals surface area contributed by atoms with Crippen molar-refractivity contribution >= 4 is 45.9 Å². The van der Waals surface area contributed by atoms with Crippen LogP contribution in [0, 0.1) is 17.0 Å². The lowest BCUT2D eigenvalue weighted by Crippen LogP contribution is -2.15. The fourth-order valence-corrected chi connectivity index (χ4v) is 3.73. The van der Waals surface area contributed by atoms with Crippen molar-refractivity contribution in [3.63, 3.8) is 0 Å². The molecule has 1 amide bonds. The van der Waals surface area contributed by atoms with Gasteiger partial charge in [0, 0.05) is 17.8 Å². The third-order valence-electron chi connectivity index (χ3n) is 4.33. The number of hydrogen-bond donors (Lipinski definition) is 2. The molecule has 0 saturated heterocycles. The number of aromatic nitrogens is 4. The zero-order chi connectivity index (χ0) is 20.5. The standard InChI is InChI=1S/C18H16N6O4S/c1-10-7-14(24(26)27)15(28-2)8-12(10)19-16(25)9-29-18-22-21-17-20-11-5-3-4-6-13(11)23(17)18/h3-8H,9H2,1-2H3,(H,19,25)(H,20,21). The Labute approximate surface area is 168 Å². The van der Waals surface area contributed by atoms with Crippen LogP contribution in [0.15, 0.2) is 41.6 Å². The van der Waals surface area contributed by atoms with E-state index in [2.05, 4.69) is 20.5 Å². The second kappa shape index (κ2) is 7.43. The van der Waals surface area contributed by atoms with Gasteiger partial charge in [0.1, 0.15) is 0 Å². The van der Waals surface area contributed by atoms with Crippen molar-refractivity contribution < 1.29 is 14.5 Å². The number of H-pyrrole nitrogens is 1. The van der Waals surface area contributed by atoms with Gasteiger partial charge in [-0.15, -0.1) is 5.10 Å². The molecule has 0 saturated carbocycles. The molecule has 4 rings (SSSR count). The van der Waals surface area contributed by atoms with Crippen molar-refractivity contribution in [3.8, 4) is 5.75 Å². The van der Waals surface area contributed by atoms with Crippen LogP contribution < -0.4 is 10.1 Å². The van der Waals surface area contributed by atoms with E-state index in [1.54, 1.807) is 6.92 Å². The first-order valence-corrected chi connectivity index (χ1v) is 9.53. The Kier molecular flexibility index (Phi) is 4.80. The maximum Gasteiger partial charge on any atom is 0.311 e. The summed E-state index contributed by atoms with van der Waals surface area (Å²) in [4.78, 5) is 27.5. The Hall–Kier alpha value is -3.60. The maximum atomic E-state index is 12.4. The molecule has 0 radical (unpaired) electrons. The monoisotopic (exact) mass is 412 g/mol. The van der Waals surface area contributed by atoms with Gasteiger partial charge in [-0.1, -0.05) is 23.9 Å². The van der Waals surface area contributed by atoms with E-state index in [0.717, 1.165) is 11.0 Å². The summed E-state index contributed by atoms with van der Waals surface area (Å²) in [6.45, 7) is 1.68. The zero-order valence-corrected chi connectivity index (χ0v) is 16.3. The van der Waals surface area contributed by atoms with Crippen molar-refractivity contribution in [1.29, 1.82) is 0 Å². The van der Waals surface area contributed by atoms with E-state index in [-0.39, 0.29) is 23.1 Å². The number of imidazole rings is 1. The number of methoxy groups -OCH3 is 1. The second-order valence-electron chi connectivity index (χ2n) is 6.20. The van der Waals surface area contributed by atoms with Gasteiger partial charge in [0.15, 0.2) is 10.9 Å². The van der Waals surface area contributed by atoms with Crippen LogP contribution in [0.25, 0.3) is 16.8 Å². The van der Waals surface area contributed by atoms with E-state index >= 15 is 0 Å². The molecule has 0 aliphatic heterocycles. The van der Waals surface area contributed by atoms with Gasteiger partial charge < -0.3 is 10.1 Å². The summed E-state index contributed by atoms with van der Waals surface area (Å²) in [6, 6.07) is 10.5. The van der Waals surface area contributed by atoms with Crippen molar-refractivity contribution in [3.05, 3.63) is 52.1 Å². The molecular weight excluding hydrogens is 396 g/mol. The number of nitrogens with zero attached hydrogens (tertiary/aromatic N) is 4. The van der Waals surface area contributed by atoms with Crippen LogP contribution in [0.1, 0.15) is 5.56 Å². The van der Waals surface area contributed by atoms with Crippen molar-refractivity contribution in [2.24, 2.45) is 0 Å².